The fraction of sp³-hybridized carbons (Fsp3) is 0.667. The summed E-state index contributed by atoms with van der Waals surface area (Å²) in [6, 6.07) is 3.96. The second-order valence-corrected chi connectivity index (χ2v) is 7.85. The molecular weight excluding hydrogens is 288 g/mol. The minimum absolute atomic E-state index is 0.0841. The highest BCUT2D eigenvalue weighted by Gasteiger charge is 2.59. The maximum atomic E-state index is 9.24. The molecule has 1 spiro atoms. The van der Waals surface area contributed by atoms with Crippen molar-refractivity contribution in [1.29, 1.82) is 5.26 Å². The molecule has 23 heavy (non-hydrogen) atoms. The molecule has 0 bridgehead atoms. The average Bonchev–Trinajstić information content (AvgIpc) is 2.39. The van der Waals surface area contributed by atoms with Gasteiger partial charge in [-0.05, 0) is 52.0 Å². The van der Waals surface area contributed by atoms with E-state index in [0.29, 0.717) is 28.8 Å². The van der Waals surface area contributed by atoms with Crippen LogP contribution in [0.5, 0.6) is 0 Å². The number of nitrogen functional groups attached to an aromatic ring is 1. The van der Waals surface area contributed by atoms with Crippen LogP contribution >= 0.6 is 0 Å². The lowest BCUT2D eigenvalue weighted by atomic mass is 9.48. The quantitative estimate of drug-likeness (QED) is 0.890. The number of pyridine rings is 1. The number of ether oxygens (including phenoxy) is 1. The van der Waals surface area contributed by atoms with Gasteiger partial charge in [-0.25, -0.2) is 4.98 Å². The third-order valence-corrected chi connectivity index (χ3v) is 5.36. The van der Waals surface area contributed by atoms with E-state index in [1.54, 1.807) is 6.20 Å². The summed E-state index contributed by atoms with van der Waals surface area (Å²) in [5.74, 6) is 0.892. The van der Waals surface area contributed by atoms with Gasteiger partial charge in [-0.2, -0.15) is 5.26 Å². The number of nitrogens with one attached hydrogen (secondary N) is 1. The molecule has 5 heteroatoms. The molecule has 0 amide bonds. The van der Waals surface area contributed by atoms with Crippen LogP contribution in [0, 0.1) is 22.7 Å². The molecule has 3 N–H and O–H groups in total. The van der Waals surface area contributed by atoms with Crippen LogP contribution in [-0.4, -0.2) is 23.2 Å². The van der Waals surface area contributed by atoms with Crippen LogP contribution in [0.1, 0.15) is 52.0 Å². The number of nitriles is 1. The van der Waals surface area contributed by atoms with Crippen LogP contribution in [0.15, 0.2) is 12.3 Å². The summed E-state index contributed by atoms with van der Waals surface area (Å²) in [6.07, 6.45) is 6.91. The predicted molar refractivity (Wildman–Crippen MR) is 90.9 cm³/mol. The normalized spacial score (nSPS) is 25.3. The maximum absolute atomic E-state index is 9.24. The van der Waals surface area contributed by atoms with Crippen LogP contribution in [0.3, 0.4) is 0 Å². The predicted octanol–water partition coefficient (Wildman–Crippen LogP) is 3.32. The van der Waals surface area contributed by atoms with Crippen molar-refractivity contribution in [3.05, 3.63) is 17.8 Å². The van der Waals surface area contributed by atoms with Crippen LogP contribution in [-0.2, 0) is 4.74 Å². The van der Waals surface area contributed by atoms with Gasteiger partial charge in [0.15, 0.2) is 0 Å². The van der Waals surface area contributed by atoms with Gasteiger partial charge in [-0.3, -0.25) is 0 Å². The van der Waals surface area contributed by atoms with E-state index in [2.05, 4.69) is 37.1 Å². The Balaban J connectivity index is 1.64. The molecule has 0 aromatic carbocycles. The van der Waals surface area contributed by atoms with Crippen molar-refractivity contribution in [1.82, 2.24) is 4.98 Å². The zero-order chi connectivity index (χ0) is 16.7. The van der Waals surface area contributed by atoms with E-state index in [0.717, 1.165) is 18.7 Å². The molecule has 1 heterocycles. The molecule has 2 saturated carbocycles. The fourth-order valence-corrected chi connectivity index (χ4v) is 4.00. The van der Waals surface area contributed by atoms with Crippen LogP contribution in [0.25, 0.3) is 0 Å². The van der Waals surface area contributed by atoms with E-state index < -0.39 is 0 Å². The van der Waals surface area contributed by atoms with E-state index in [4.69, 9.17) is 10.5 Å². The van der Waals surface area contributed by atoms with Crippen LogP contribution in [0.4, 0.5) is 11.5 Å². The Morgan fingerprint density at radius 1 is 1.48 bits per heavy atom. The molecule has 2 atom stereocenters. The van der Waals surface area contributed by atoms with Gasteiger partial charge in [-0.1, -0.05) is 6.42 Å². The smallest absolute Gasteiger partial charge is 0.143 e. The highest BCUT2D eigenvalue weighted by Crippen LogP contribution is 2.61. The molecule has 2 aliphatic carbocycles. The second kappa shape index (κ2) is 5.68. The van der Waals surface area contributed by atoms with Crippen molar-refractivity contribution < 1.29 is 4.74 Å². The molecule has 2 aliphatic rings. The first-order valence-electron chi connectivity index (χ1n) is 8.42. The molecule has 2 unspecified atom stereocenters. The van der Waals surface area contributed by atoms with Gasteiger partial charge < -0.3 is 15.8 Å². The maximum Gasteiger partial charge on any atom is 0.143 e. The number of hydrogen-bond acceptors (Lipinski definition) is 5. The summed E-state index contributed by atoms with van der Waals surface area (Å²) in [7, 11) is 0. The standard InChI is InChI=1S/C18H26N4O/c1-17(2,3)23-15-9-12(18(15)6-4-7-18)11-22-14-5-8-21-16(20)13(14)10-19/h5,8,12,15H,4,6-7,9,11H2,1-3H3,(H3,20,21,22). The zero-order valence-corrected chi connectivity index (χ0v) is 14.2. The highest BCUT2D eigenvalue weighted by molar-refractivity contribution is 5.65. The Bertz CT molecular complexity index is 625. The van der Waals surface area contributed by atoms with E-state index in [1.165, 1.54) is 19.3 Å². The highest BCUT2D eigenvalue weighted by atomic mass is 16.5. The first-order valence-corrected chi connectivity index (χ1v) is 8.42. The fourth-order valence-electron chi connectivity index (χ4n) is 4.00. The summed E-state index contributed by atoms with van der Waals surface area (Å²) in [5.41, 5.74) is 7.26. The molecular formula is C18H26N4O. The molecule has 0 radical (unpaired) electrons. The number of nitrogens with zero attached hydrogens (tertiary/aromatic N) is 2. The van der Waals surface area contributed by atoms with Gasteiger partial charge in [0.25, 0.3) is 0 Å². The summed E-state index contributed by atoms with van der Waals surface area (Å²) in [5, 5.41) is 12.7. The third kappa shape index (κ3) is 2.88. The molecule has 1 aromatic rings. The lowest BCUT2D eigenvalue weighted by molar-refractivity contribution is -0.229. The zero-order valence-electron chi connectivity index (χ0n) is 14.2. The van der Waals surface area contributed by atoms with Crippen LogP contribution < -0.4 is 11.1 Å². The third-order valence-electron chi connectivity index (χ3n) is 5.36. The minimum atomic E-state index is -0.0841. The van der Waals surface area contributed by atoms with Gasteiger partial charge in [-0.15, -0.1) is 0 Å². The van der Waals surface area contributed by atoms with Gasteiger partial charge in [0.1, 0.15) is 17.5 Å². The topological polar surface area (TPSA) is 84.0 Å². The van der Waals surface area contributed by atoms with Gasteiger partial charge in [0.2, 0.25) is 0 Å². The number of nitrogens with two attached hydrogens (primary N) is 1. The van der Waals surface area contributed by atoms with Crippen molar-refractivity contribution in [3.8, 4) is 6.07 Å². The van der Waals surface area contributed by atoms with Crippen molar-refractivity contribution in [2.45, 2.75) is 58.2 Å². The van der Waals surface area contributed by atoms with E-state index in [9.17, 15) is 5.26 Å². The number of anilines is 2. The van der Waals surface area contributed by atoms with Crippen molar-refractivity contribution >= 4 is 11.5 Å². The molecule has 0 aliphatic heterocycles. The van der Waals surface area contributed by atoms with E-state index >= 15 is 0 Å². The molecule has 3 rings (SSSR count). The van der Waals surface area contributed by atoms with Crippen molar-refractivity contribution in [2.24, 2.45) is 11.3 Å². The first kappa shape index (κ1) is 16.1. The Kier molecular flexibility index (Phi) is 3.97. The summed E-state index contributed by atoms with van der Waals surface area (Å²) < 4.78 is 6.27. The Hall–Kier alpha value is -1.80. The molecule has 0 saturated heterocycles. The molecule has 124 valence electrons. The van der Waals surface area contributed by atoms with E-state index in [-0.39, 0.29) is 5.60 Å². The Morgan fingerprint density at radius 3 is 2.78 bits per heavy atom. The molecule has 2 fully saturated rings. The summed E-state index contributed by atoms with van der Waals surface area (Å²) >= 11 is 0. The lowest BCUT2D eigenvalue weighted by Gasteiger charge is -2.62. The Labute approximate surface area is 138 Å². The summed E-state index contributed by atoms with van der Waals surface area (Å²) in [4.78, 5) is 3.98. The number of rotatable bonds is 4. The summed E-state index contributed by atoms with van der Waals surface area (Å²) in [6.45, 7) is 7.25. The van der Waals surface area contributed by atoms with Crippen LogP contribution in [0.2, 0.25) is 0 Å². The molecule has 5 nitrogen and oxygen atoms in total. The lowest BCUT2D eigenvalue weighted by Crippen LogP contribution is -2.61. The van der Waals surface area contributed by atoms with Gasteiger partial charge >= 0.3 is 0 Å². The number of hydrogen-bond donors (Lipinski definition) is 2. The monoisotopic (exact) mass is 314 g/mol. The van der Waals surface area contributed by atoms with Gasteiger partial charge in [0.05, 0.1) is 17.4 Å². The first-order chi connectivity index (χ1) is 10.9. The van der Waals surface area contributed by atoms with Crippen molar-refractivity contribution in [3.63, 3.8) is 0 Å². The average molecular weight is 314 g/mol. The second-order valence-electron chi connectivity index (χ2n) is 7.85. The van der Waals surface area contributed by atoms with Crippen molar-refractivity contribution in [2.75, 3.05) is 17.6 Å². The van der Waals surface area contributed by atoms with Gasteiger partial charge in [0, 0.05) is 18.2 Å². The number of aromatic nitrogens is 1. The van der Waals surface area contributed by atoms with E-state index in [1.807, 2.05) is 6.07 Å². The Morgan fingerprint density at radius 2 is 2.22 bits per heavy atom. The molecule has 1 aromatic heterocycles. The SMILES string of the molecule is CC(C)(C)OC1CC(CNc2ccnc(N)c2C#N)C12CCC2. The minimum Gasteiger partial charge on any atom is -0.384 e. The largest absolute Gasteiger partial charge is 0.384 e.